The number of hydrogen-bond donors (Lipinski definition) is 3. The van der Waals surface area contributed by atoms with E-state index >= 15 is 0 Å². The van der Waals surface area contributed by atoms with Gasteiger partial charge in [-0.3, -0.25) is 10.1 Å². The zero-order valence-corrected chi connectivity index (χ0v) is 10.5. The summed E-state index contributed by atoms with van der Waals surface area (Å²) < 4.78 is 0. The first kappa shape index (κ1) is 14.2. The van der Waals surface area contributed by atoms with Crippen LogP contribution in [0.4, 0.5) is 17.1 Å². The predicted octanol–water partition coefficient (Wildman–Crippen LogP) is 1.12. The minimum absolute atomic E-state index is 0.110. The van der Waals surface area contributed by atoms with Crippen LogP contribution in [-0.2, 0) is 0 Å². The average Bonchev–Trinajstić information content (AvgIpc) is 2.27. The Balaban J connectivity index is 3.25. The maximum absolute atomic E-state index is 10.9. The molecule has 2 unspecified atom stereocenters. The number of aliphatic hydroxyl groups excluding tert-OH is 2. The van der Waals surface area contributed by atoms with E-state index in [1.165, 1.54) is 30.9 Å². The topological polar surface area (TPSA) is 98.9 Å². The summed E-state index contributed by atoms with van der Waals surface area (Å²) in [5, 5.41) is 32.8. The summed E-state index contributed by atoms with van der Waals surface area (Å²) >= 11 is 0. The summed E-state index contributed by atoms with van der Waals surface area (Å²) in [7, 11) is 1.59. The van der Waals surface area contributed by atoms with Crippen LogP contribution in [0, 0.1) is 10.1 Å². The van der Waals surface area contributed by atoms with Crippen molar-refractivity contribution >= 4 is 17.1 Å². The molecule has 0 radical (unpaired) electrons. The van der Waals surface area contributed by atoms with E-state index in [2.05, 4.69) is 5.32 Å². The average molecular weight is 255 g/mol. The van der Waals surface area contributed by atoms with Crippen molar-refractivity contribution in [3.8, 4) is 0 Å². The van der Waals surface area contributed by atoms with Gasteiger partial charge in [-0.2, -0.15) is 0 Å². The third-order valence-electron chi connectivity index (χ3n) is 2.55. The van der Waals surface area contributed by atoms with Gasteiger partial charge in [-0.25, -0.2) is 0 Å². The highest BCUT2D eigenvalue weighted by Crippen LogP contribution is 2.30. The molecule has 3 N–H and O–H groups in total. The quantitative estimate of drug-likeness (QED) is 0.414. The Bertz CT molecular complexity index is 426. The van der Waals surface area contributed by atoms with Gasteiger partial charge in [-0.1, -0.05) is 0 Å². The van der Waals surface area contributed by atoms with Gasteiger partial charge in [0.1, 0.15) is 18.1 Å². The molecule has 0 aliphatic heterocycles. The second kappa shape index (κ2) is 5.65. The first-order chi connectivity index (χ1) is 8.38. The molecular formula is C11H17N3O4. The zero-order valence-electron chi connectivity index (χ0n) is 10.5. The van der Waals surface area contributed by atoms with Crippen molar-refractivity contribution in [3.05, 3.63) is 28.3 Å². The summed E-state index contributed by atoms with van der Waals surface area (Å²) in [6.07, 6.45) is -1.91. The van der Waals surface area contributed by atoms with Crippen LogP contribution >= 0.6 is 0 Å². The summed E-state index contributed by atoms with van der Waals surface area (Å²) in [6.45, 7) is 2.95. The predicted molar refractivity (Wildman–Crippen MR) is 68.5 cm³/mol. The Morgan fingerprint density at radius 3 is 2.28 bits per heavy atom. The van der Waals surface area contributed by atoms with Crippen molar-refractivity contribution < 1.29 is 15.1 Å². The van der Waals surface area contributed by atoms with Crippen molar-refractivity contribution in [1.29, 1.82) is 0 Å². The third-order valence-corrected chi connectivity index (χ3v) is 2.55. The Morgan fingerprint density at radius 1 is 1.33 bits per heavy atom. The fourth-order valence-corrected chi connectivity index (χ4v) is 1.79. The monoisotopic (exact) mass is 255 g/mol. The molecule has 0 saturated carbocycles. The van der Waals surface area contributed by atoms with Crippen LogP contribution in [0.2, 0.25) is 0 Å². The van der Waals surface area contributed by atoms with Gasteiger partial charge in [0.05, 0.1) is 4.92 Å². The molecule has 0 fully saturated rings. The molecule has 0 aliphatic rings. The number of aliphatic hydroxyl groups is 2. The smallest absolute Gasteiger partial charge is 0.294 e. The van der Waals surface area contributed by atoms with Gasteiger partial charge in [0, 0.05) is 18.8 Å². The lowest BCUT2D eigenvalue weighted by Gasteiger charge is -2.30. The number of nitrogens with one attached hydrogen (secondary N) is 1. The fraction of sp³-hybridized carbons (Fsp3) is 0.455. The summed E-state index contributed by atoms with van der Waals surface area (Å²) in [5.74, 6) is 0. The van der Waals surface area contributed by atoms with Gasteiger partial charge in [0.2, 0.25) is 0 Å². The van der Waals surface area contributed by atoms with Gasteiger partial charge in [0.25, 0.3) is 5.69 Å². The molecule has 100 valence electrons. The highest BCUT2D eigenvalue weighted by Gasteiger charge is 2.21. The summed E-state index contributed by atoms with van der Waals surface area (Å²) in [4.78, 5) is 11.7. The van der Waals surface area contributed by atoms with Crippen LogP contribution in [0.25, 0.3) is 0 Å². The van der Waals surface area contributed by atoms with E-state index in [0.29, 0.717) is 11.4 Å². The minimum atomic E-state index is -0.954. The standard InChI is InChI=1S/C11H17N3O4/c1-7(15)13(8(2)16)9-4-5-10(12-3)11(6-9)14(17)18/h4-8,12,15-16H,1-3H3. The number of anilines is 2. The molecule has 2 atom stereocenters. The molecule has 0 saturated heterocycles. The lowest BCUT2D eigenvalue weighted by Crippen LogP contribution is -2.40. The number of nitro benzene ring substituents is 1. The summed E-state index contributed by atoms with van der Waals surface area (Å²) in [5.41, 5.74) is 0.645. The Labute approximate surface area is 105 Å². The van der Waals surface area contributed by atoms with Crippen LogP contribution in [0.15, 0.2) is 18.2 Å². The Kier molecular flexibility index (Phi) is 4.46. The van der Waals surface area contributed by atoms with Crippen LogP contribution in [-0.4, -0.2) is 34.6 Å². The lowest BCUT2D eigenvalue weighted by atomic mass is 10.2. The van der Waals surface area contributed by atoms with Crippen molar-refractivity contribution in [2.24, 2.45) is 0 Å². The number of nitro groups is 1. The van der Waals surface area contributed by atoms with Crippen LogP contribution < -0.4 is 10.2 Å². The van der Waals surface area contributed by atoms with Gasteiger partial charge >= 0.3 is 0 Å². The van der Waals surface area contributed by atoms with E-state index in [9.17, 15) is 20.3 Å². The molecule has 0 aliphatic carbocycles. The molecule has 7 nitrogen and oxygen atoms in total. The highest BCUT2D eigenvalue weighted by molar-refractivity contribution is 5.68. The van der Waals surface area contributed by atoms with E-state index in [-0.39, 0.29) is 5.69 Å². The fourth-order valence-electron chi connectivity index (χ4n) is 1.79. The maximum atomic E-state index is 10.9. The number of hydrogen-bond acceptors (Lipinski definition) is 6. The number of nitrogens with zero attached hydrogens (tertiary/aromatic N) is 2. The van der Waals surface area contributed by atoms with Gasteiger partial charge < -0.3 is 20.4 Å². The molecule has 0 heterocycles. The molecule has 7 heteroatoms. The van der Waals surface area contributed by atoms with Gasteiger partial charge in [0.15, 0.2) is 0 Å². The van der Waals surface area contributed by atoms with E-state index in [0.717, 1.165) is 0 Å². The van der Waals surface area contributed by atoms with E-state index in [1.54, 1.807) is 13.1 Å². The highest BCUT2D eigenvalue weighted by atomic mass is 16.6. The Hall–Kier alpha value is -1.86. The number of benzene rings is 1. The second-order valence-corrected chi connectivity index (χ2v) is 3.88. The largest absolute Gasteiger partial charge is 0.383 e. The van der Waals surface area contributed by atoms with Gasteiger partial charge in [-0.15, -0.1) is 0 Å². The molecule has 0 spiro atoms. The first-order valence-corrected chi connectivity index (χ1v) is 5.49. The normalized spacial score (nSPS) is 13.8. The molecule has 1 aromatic rings. The first-order valence-electron chi connectivity index (χ1n) is 5.49. The molecule has 0 amide bonds. The van der Waals surface area contributed by atoms with Crippen molar-refractivity contribution in [3.63, 3.8) is 0 Å². The molecule has 0 bridgehead atoms. The van der Waals surface area contributed by atoms with Crippen molar-refractivity contribution in [1.82, 2.24) is 0 Å². The van der Waals surface area contributed by atoms with Gasteiger partial charge in [-0.05, 0) is 26.0 Å². The molecule has 1 aromatic carbocycles. The van der Waals surface area contributed by atoms with E-state index in [1.807, 2.05) is 0 Å². The number of rotatable bonds is 5. The van der Waals surface area contributed by atoms with Crippen LogP contribution in [0.3, 0.4) is 0 Å². The second-order valence-electron chi connectivity index (χ2n) is 3.88. The van der Waals surface area contributed by atoms with Crippen LogP contribution in [0.5, 0.6) is 0 Å². The summed E-state index contributed by atoms with van der Waals surface area (Å²) in [6, 6.07) is 4.44. The van der Waals surface area contributed by atoms with E-state index in [4.69, 9.17) is 0 Å². The molecule has 0 aromatic heterocycles. The molecule has 1 rings (SSSR count). The van der Waals surface area contributed by atoms with Crippen molar-refractivity contribution in [2.45, 2.75) is 26.3 Å². The zero-order chi connectivity index (χ0) is 13.9. The molecular weight excluding hydrogens is 238 g/mol. The lowest BCUT2D eigenvalue weighted by molar-refractivity contribution is -0.383. The maximum Gasteiger partial charge on any atom is 0.294 e. The SMILES string of the molecule is CNc1ccc(N(C(C)O)C(C)O)cc1[N+](=O)[O-]. The molecule has 18 heavy (non-hydrogen) atoms. The minimum Gasteiger partial charge on any atom is -0.383 e. The Morgan fingerprint density at radius 2 is 1.89 bits per heavy atom. The van der Waals surface area contributed by atoms with Crippen LogP contribution in [0.1, 0.15) is 13.8 Å². The third kappa shape index (κ3) is 2.88. The van der Waals surface area contributed by atoms with Crippen molar-refractivity contribution in [2.75, 3.05) is 17.3 Å². The van der Waals surface area contributed by atoms with E-state index < -0.39 is 17.4 Å².